The molecule has 0 bridgehead atoms. The van der Waals surface area contributed by atoms with Gasteiger partial charge < -0.3 is 33.2 Å². The minimum atomic E-state index is -0.533. The van der Waals surface area contributed by atoms with Crippen LogP contribution in [0.25, 0.3) is 22.3 Å². The largest absolute Gasteiger partial charge is 0.489 e. The van der Waals surface area contributed by atoms with Crippen molar-refractivity contribution in [2.45, 2.75) is 25.7 Å². The van der Waals surface area contributed by atoms with Crippen LogP contribution in [0.4, 0.5) is 0 Å². The summed E-state index contributed by atoms with van der Waals surface area (Å²) < 4.78 is 36.8. The monoisotopic (exact) mass is 700 g/mol. The van der Waals surface area contributed by atoms with E-state index < -0.39 is 17.9 Å². The number of ether oxygens (including phenoxy) is 7. The minimum absolute atomic E-state index is 0.0397. The second-order valence-corrected chi connectivity index (χ2v) is 11.7. The molecule has 0 radical (unpaired) electrons. The van der Waals surface area contributed by atoms with Gasteiger partial charge in [0.05, 0.1) is 49.8 Å². The molecule has 0 saturated carbocycles. The van der Waals surface area contributed by atoms with Crippen LogP contribution >= 0.6 is 0 Å². The lowest BCUT2D eigenvalue weighted by atomic mass is 9.97. The van der Waals surface area contributed by atoms with Crippen LogP contribution in [0.2, 0.25) is 0 Å². The van der Waals surface area contributed by atoms with Gasteiger partial charge >= 0.3 is 17.9 Å². The normalized spacial score (nSPS) is 10.6. The molecule has 272 valence electrons. The number of rotatable bonds is 23. The minimum Gasteiger partial charge on any atom is -0.489 e. The van der Waals surface area contributed by atoms with E-state index in [2.05, 4.69) is 31.9 Å². The van der Waals surface area contributed by atoms with E-state index in [1.807, 2.05) is 54.6 Å². The number of benzene rings is 3. The van der Waals surface area contributed by atoms with Gasteiger partial charge in [-0.05, 0) is 59.6 Å². The lowest BCUT2D eigenvalue weighted by molar-refractivity contribution is -0.141. The summed E-state index contributed by atoms with van der Waals surface area (Å²) >= 11 is 0. The first-order chi connectivity index (χ1) is 24.7. The third kappa shape index (κ3) is 13.7. The maximum atomic E-state index is 12.2. The smallest absolute Gasteiger partial charge is 0.335 e. The van der Waals surface area contributed by atoms with Crippen molar-refractivity contribution in [1.29, 1.82) is 0 Å². The highest BCUT2D eigenvalue weighted by Crippen LogP contribution is 2.35. The summed E-state index contributed by atoms with van der Waals surface area (Å²) in [5.74, 6) is -0.791. The van der Waals surface area contributed by atoms with Crippen molar-refractivity contribution < 1.29 is 47.5 Å². The van der Waals surface area contributed by atoms with Crippen LogP contribution in [0, 0.1) is 0 Å². The van der Waals surface area contributed by atoms with Crippen molar-refractivity contribution in [3.05, 3.63) is 114 Å². The van der Waals surface area contributed by atoms with Gasteiger partial charge in [0, 0.05) is 26.9 Å². The van der Waals surface area contributed by atoms with Gasteiger partial charge in [-0.2, -0.15) is 0 Å². The molecule has 3 aromatic rings. The molecular formula is C41H48O10. The van der Waals surface area contributed by atoms with Gasteiger partial charge in [0.1, 0.15) is 19.0 Å². The molecule has 3 aromatic carbocycles. The highest BCUT2D eigenvalue weighted by molar-refractivity contribution is 5.88. The maximum Gasteiger partial charge on any atom is 0.335 e. The van der Waals surface area contributed by atoms with Crippen molar-refractivity contribution in [3.63, 3.8) is 0 Å². The van der Waals surface area contributed by atoms with Crippen LogP contribution in [0.15, 0.2) is 103 Å². The number of hydrogen-bond donors (Lipinski definition) is 0. The molecule has 10 heteroatoms. The summed E-state index contributed by atoms with van der Waals surface area (Å²) in [7, 11) is 4.49. The van der Waals surface area contributed by atoms with Gasteiger partial charge in [-0.1, -0.05) is 80.4 Å². The number of hydrogen-bond acceptors (Lipinski definition) is 10. The fourth-order valence-electron chi connectivity index (χ4n) is 4.95. The first-order valence-electron chi connectivity index (χ1n) is 16.6. The summed E-state index contributed by atoms with van der Waals surface area (Å²) in [4.78, 5) is 36.0. The average molecular weight is 701 g/mol. The topological polar surface area (TPSA) is 116 Å². The molecule has 0 atom stereocenters. The predicted molar refractivity (Wildman–Crippen MR) is 195 cm³/mol. The third-order valence-electron chi connectivity index (χ3n) is 7.62. The number of aryl methyl sites for hydroxylation is 2. The SMILES string of the molecule is C=C(COC)C(=O)OCCCc1ccc(-c2ccc(-c3ccc(CCCOC(=O)C(=C)COC)cc3)c(OCCOC(=O)C(=C)COC)c2)cc1. The van der Waals surface area contributed by atoms with E-state index in [9.17, 15) is 14.4 Å². The Hall–Kier alpha value is -5.03. The molecule has 0 fully saturated rings. The van der Waals surface area contributed by atoms with Gasteiger partial charge in [0.15, 0.2) is 0 Å². The second-order valence-electron chi connectivity index (χ2n) is 11.7. The van der Waals surface area contributed by atoms with Crippen molar-refractivity contribution in [2.24, 2.45) is 0 Å². The fourth-order valence-corrected chi connectivity index (χ4v) is 4.95. The molecule has 0 aliphatic heterocycles. The molecule has 10 nitrogen and oxygen atoms in total. The highest BCUT2D eigenvalue weighted by atomic mass is 16.6. The molecule has 0 heterocycles. The van der Waals surface area contributed by atoms with E-state index in [1.165, 1.54) is 21.3 Å². The fraction of sp³-hybridized carbons (Fsp3) is 0.341. The Kier molecular flexibility index (Phi) is 17.4. The Morgan fingerprint density at radius 3 is 1.37 bits per heavy atom. The van der Waals surface area contributed by atoms with Gasteiger partial charge in [-0.15, -0.1) is 0 Å². The first kappa shape index (κ1) is 40.4. The Morgan fingerprint density at radius 2 is 0.922 bits per heavy atom. The van der Waals surface area contributed by atoms with E-state index in [4.69, 9.17) is 33.2 Å². The van der Waals surface area contributed by atoms with E-state index in [1.54, 1.807) is 0 Å². The second kappa shape index (κ2) is 21.9. The van der Waals surface area contributed by atoms with Crippen LogP contribution in [0.1, 0.15) is 24.0 Å². The van der Waals surface area contributed by atoms with Gasteiger partial charge in [0.25, 0.3) is 0 Å². The third-order valence-corrected chi connectivity index (χ3v) is 7.62. The standard InChI is InChI=1S/C41H48O10/c1-29(26-45-4)39(42)49-21-7-9-32-11-15-34(16-12-32)36-19-20-37(38(25-36)48-23-24-51-41(44)31(3)28-47-6)35-17-13-33(14-18-35)10-8-22-50-40(43)30(2)27-46-5/h11-20,25H,1-3,7-10,21-24,26-28H2,4-6H3. The molecule has 0 aromatic heterocycles. The molecule has 0 N–H and O–H groups in total. The lowest BCUT2D eigenvalue weighted by Gasteiger charge is -2.15. The molecule has 0 aliphatic rings. The van der Waals surface area contributed by atoms with Crippen LogP contribution in [-0.4, -0.2) is 85.5 Å². The summed E-state index contributed by atoms with van der Waals surface area (Å²) in [6.45, 7) is 12.1. The number of methoxy groups -OCH3 is 3. The number of carbonyl (C=O) groups is 3. The molecule has 3 rings (SSSR count). The molecular weight excluding hydrogens is 652 g/mol. The van der Waals surface area contributed by atoms with Gasteiger partial charge in [-0.25, -0.2) is 14.4 Å². The van der Waals surface area contributed by atoms with E-state index in [-0.39, 0.29) is 50.8 Å². The van der Waals surface area contributed by atoms with E-state index >= 15 is 0 Å². The molecule has 0 amide bonds. The van der Waals surface area contributed by atoms with Crippen molar-refractivity contribution in [1.82, 2.24) is 0 Å². The van der Waals surface area contributed by atoms with Gasteiger partial charge in [-0.3, -0.25) is 0 Å². The number of esters is 3. The van der Waals surface area contributed by atoms with Crippen LogP contribution < -0.4 is 4.74 Å². The Morgan fingerprint density at radius 1 is 0.510 bits per heavy atom. The van der Waals surface area contributed by atoms with Crippen LogP contribution in [0.5, 0.6) is 5.75 Å². The van der Waals surface area contributed by atoms with Crippen LogP contribution in [0.3, 0.4) is 0 Å². The van der Waals surface area contributed by atoms with E-state index in [0.29, 0.717) is 30.8 Å². The van der Waals surface area contributed by atoms with Crippen LogP contribution in [-0.2, 0) is 55.6 Å². The highest BCUT2D eigenvalue weighted by Gasteiger charge is 2.13. The average Bonchev–Trinajstić information content (AvgIpc) is 3.14. The van der Waals surface area contributed by atoms with Crippen molar-refractivity contribution in [2.75, 3.05) is 67.6 Å². The first-order valence-corrected chi connectivity index (χ1v) is 16.6. The van der Waals surface area contributed by atoms with Crippen molar-refractivity contribution in [3.8, 4) is 28.0 Å². The van der Waals surface area contributed by atoms with Crippen molar-refractivity contribution >= 4 is 17.9 Å². The molecule has 0 spiro atoms. The zero-order chi connectivity index (χ0) is 37.0. The summed E-state index contributed by atoms with van der Waals surface area (Å²) in [6.07, 6.45) is 2.83. The number of carbonyl (C=O) groups excluding carboxylic acids is 3. The lowest BCUT2D eigenvalue weighted by Crippen LogP contribution is -2.15. The predicted octanol–water partition coefficient (Wildman–Crippen LogP) is 6.50. The summed E-state index contributed by atoms with van der Waals surface area (Å²) in [5, 5.41) is 0. The molecule has 0 unspecified atom stereocenters. The molecule has 0 saturated heterocycles. The zero-order valence-corrected chi connectivity index (χ0v) is 29.8. The Labute approximate surface area is 300 Å². The summed E-state index contributed by atoms with van der Waals surface area (Å²) in [5.41, 5.74) is 6.81. The zero-order valence-electron chi connectivity index (χ0n) is 29.8. The van der Waals surface area contributed by atoms with Gasteiger partial charge in [0.2, 0.25) is 0 Å². The Bertz CT molecular complexity index is 1620. The molecule has 0 aliphatic carbocycles. The quantitative estimate of drug-likeness (QED) is 0.0470. The Balaban J connectivity index is 1.68. The summed E-state index contributed by atoms with van der Waals surface area (Å²) in [6, 6.07) is 22.4. The molecule has 51 heavy (non-hydrogen) atoms. The maximum absolute atomic E-state index is 12.2. The van der Waals surface area contributed by atoms with E-state index in [0.717, 1.165) is 46.2 Å².